The van der Waals surface area contributed by atoms with Crippen LogP contribution in [0.4, 0.5) is 4.39 Å². The summed E-state index contributed by atoms with van der Waals surface area (Å²) in [5, 5.41) is 3.24. The van der Waals surface area contributed by atoms with Crippen LogP contribution in [0.15, 0.2) is 22.7 Å². The van der Waals surface area contributed by atoms with Gasteiger partial charge in [0.15, 0.2) is 0 Å². The second-order valence-corrected chi connectivity index (χ2v) is 4.08. The van der Waals surface area contributed by atoms with Crippen molar-refractivity contribution < 1.29 is 9.13 Å². The third kappa shape index (κ3) is 2.13. The molecule has 1 N–H and O–H groups in total. The summed E-state index contributed by atoms with van der Waals surface area (Å²) in [5.74, 6) is -0.232. The lowest BCUT2D eigenvalue weighted by Gasteiger charge is -2.24. The van der Waals surface area contributed by atoms with E-state index >= 15 is 0 Å². The molecular formula is C10H11BrFNO. The van der Waals surface area contributed by atoms with E-state index in [0.29, 0.717) is 6.61 Å². The smallest absolute Gasteiger partial charge is 0.124 e. The van der Waals surface area contributed by atoms with Crippen molar-refractivity contribution in [3.05, 3.63) is 34.1 Å². The molecule has 0 saturated carbocycles. The zero-order valence-electron chi connectivity index (χ0n) is 7.59. The van der Waals surface area contributed by atoms with Crippen LogP contribution in [-0.2, 0) is 4.74 Å². The third-order valence-electron chi connectivity index (χ3n) is 2.24. The molecule has 14 heavy (non-hydrogen) atoms. The number of hydrogen-bond donors (Lipinski definition) is 1. The SMILES string of the molecule is Fc1ccc(C2CNCCO2)c(Br)c1. The van der Waals surface area contributed by atoms with Crippen LogP contribution in [0.25, 0.3) is 0 Å². The number of ether oxygens (including phenoxy) is 1. The molecule has 4 heteroatoms. The molecule has 2 nitrogen and oxygen atoms in total. The topological polar surface area (TPSA) is 21.3 Å². The van der Waals surface area contributed by atoms with Crippen LogP contribution in [0, 0.1) is 5.82 Å². The molecule has 1 aromatic rings. The van der Waals surface area contributed by atoms with Gasteiger partial charge in [-0.1, -0.05) is 22.0 Å². The Bertz CT molecular complexity index is 326. The van der Waals surface area contributed by atoms with Crippen molar-refractivity contribution in [2.75, 3.05) is 19.7 Å². The summed E-state index contributed by atoms with van der Waals surface area (Å²) in [4.78, 5) is 0. The highest BCUT2D eigenvalue weighted by Gasteiger charge is 2.18. The van der Waals surface area contributed by atoms with Crippen LogP contribution >= 0.6 is 15.9 Å². The first-order chi connectivity index (χ1) is 6.77. The maximum Gasteiger partial charge on any atom is 0.124 e. The molecule has 0 amide bonds. The monoisotopic (exact) mass is 259 g/mol. The lowest BCUT2D eigenvalue weighted by Crippen LogP contribution is -2.33. The van der Waals surface area contributed by atoms with Gasteiger partial charge in [-0.25, -0.2) is 4.39 Å². The van der Waals surface area contributed by atoms with Gasteiger partial charge in [0.05, 0.1) is 12.7 Å². The van der Waals surface area contributed by atoms with Gasteiger partial charge in [0.25, 0.3) is 0 Å². The largest absolute Gasteiger partial charge is 0.371 e. The zero-order valence-corrected chi connectivity index (χ0v) is 9.18. The molecule has 1 aliphatic heterocycles. The van der Waals surface area contributed by atoms with E-state index in [1.807, 2.05) is 0 Å². The van der Waals surface area contributed by atoms with Gasteiger partial charge < -0.3 is 10.1 Å². The summed E-state index contributed by atoms with van der Waals surface area (Å²) in [6, 6.07) is 4.68. The quantitative estimate of drug-likeness (QED) is 0.836. The molecule has 0 bridgehead atoms. The van der Waals surface area contributed by atoms with E-state index in [0.717, 1.165) is 23.1 Å². The van der Waals surface area contributed by atoms with E-state index in [2.05, 4.69) is 21.2 Å². The minimum Gasteiger partial charge on any atom is -0.371 e. The number of nitrogens with one attached hydrogen (secondary N) is 1. The van der Waals surface area contributed by atoms with Gasteiger partial charge in [0, 0.05) is 17.6 Å². The average molecular weight is 260 g/mol. The summed E-state index contributed by atoms with van der Waals surface area (Å²) < 4.78 is 19.2. The molecular weight excluding hydrogens is 249 g/mol. The summed E-state index contributed by atoms with van der Waals surface area (Å²) in [7, 11) is 0. The Balaban J connectivity index is 2.22. The molecule has 1 saturated heterocycles. The summed E-state index contributed by atoms with van der Waals surface area (Å²) in [5.41, 5.74) is 0.999. The molecule has 76 valence electrons. The maximum absolute atomic E-state index is 12.8. The minimum atomic E-state index is -0.232. The number of rotatable bonds is 1. The van der Waals surface area contributed by atoms with Crippen LogP contribution in [0.1, 0.15) is 11.7 Å². The molecule has 0 aliphatic carbocycles. The Labute approximate surface area is 90.6 Å². The Morgan fingerprint density at radius 3 is 3.00 bits per heavy atom. The lowest BCUT2D eigenvalue weighted by atomic mass is 10.1. The van der Waals surface area contributed by atoms with Gasteiger partial charge in [-0.3, -0.25) is 0 Å². The van der Waals surface area contributed by atoms with Gasteiger partial charge in [0.2, 0.25) is 0 Å². The van der Waals surface area contributed by atoms with Crippen molar-refractivity contribution in [3.8, 4) is 0 Å². The summed E-state index contributed by atoms with van der Waals surface area (Å²) in [6.45, 7) is 2.37. The normalized spacial score (nSPS) is 22.3. The fourth-order valence-corrected chi connectivity index (χ4v) is 2.13. The average Bonchev–Trinajstić information content (AvgIpc) is 2.19. The molecule has 0 aromatic heterocycles. The van der Waals surface area contributed by atoms with Crippen molar-refractivity contribution >= 4 is 15.9 Å². The van der Waals surface area contributed by atoms with E-state index in [-0.39, 0.29) is 11.9 Å². The number of hydrogen-bond acceptors (Lipinski definition) is 2. The standard InChI is InChI=1S/C10H11BrFNO/c11-9-5-7(12)1-2-8(9)10-6-13-3-4-14-10/h1-2,5,10,13H,3-4,6H2. The van der Waals surface area contributed by atoms with Gasteiger partial charge in [-0.15, -0.1) is 0 Å². The highest BCUT2D eigenvalue weighted by atomic mass is 79.9. The van der Waals surface area contributed by atoms with Crippen molar-refractivity contribution in [1.29, 1.82) is 0 Å². The second-order valence-electron chi connectivity index (χ2n) is 3.23. The van der Waals surface area contributed by atoms with Gasteiger partial charge in [-0.2, -0.15) is 0 Å². The van der Waals surface area contributed by atoms with Crippen LogP contribution in [0.5, 0.6) is 0 Å². The van der Waals surface area contributed by atoms with Crippen molar-refractivity contribution in [2.45, 2.75) is 6.10 Å². The van der Waals surface area contributed by atoms with E-state index in [1.54, 1.807) is 6.07 Å². The first kappa shape index (κ1) is 10.1. The Hall–Kier alpha value is -0.450. The van der Waals surface area contributed by atoms with Crippen LogP contribution < -0.4 is 5.32 Å². The zero-order chi connectivity index (χ0) is 9.97. The van der Waals surface area contributed by atoms with Gasteiger partial charge >= 0.3 is 0 Å². The first-order valence-corrected chi connectivity index (χ1v) is 5.34. The Kier molecular flexibility index (Phi) is 3.15. The molecule has 2 rings (SSSR count). The lowest BCUT2D eigenvalue weighted by molar-refractivity contribution is 0.0272. The number of halogens is 2. The molecule has 1 aliphatic rings. The molecule has 1 unspecified atom stereocenters. The van der Waals surface area contributed by atoms with Gasteiger partial charge in [-0.05, 0) is 17.7 Å². The first-order valence-electron chi connectivity index (χ1n) is 4.54. The summed E-state index contributed by atoms with van der Waals surface area (Å²) >= 11 is 3.33. The fourth-order valence-electron chi connectivity index (χ4n) is 1.53. The predicted octanol–water partition coefficient (Wildman–Crippen LogP) is 2.25. The van der Waals surface area contributed by atoms with Crippen molar-refractivity contribution in [3.63, 3.8) is 0 Å². The van der Waals surface area contributed by atoms with E-state index in [1.165, 1.54) is 12.1 Å². The Morgan fingerprint density at radius 2 is 2.36 bits per heavy atom. The highest BCUT2D eigenvalue weighted by Crippen LogP contribution is 2.27. The van der Waals surface area contributed by atoms with Gasteiger partial charge in [0.1, 0.15) is 5.82 Å². The van der Waals surface area contributed by atoms with E-state index in [9.17, 15) is 4.39 Å². The van der Waals surface area contributed by atoms with Crippen molar-refractivity contribution in [2.24, 2.45) is 0 Å². The van der Waals surface area contributed by atoms with E-state index < -0.39 is 0 Å². The summed E-state index contributed by atoms with van der Waals surface area (Å²) in [6.07, 6.45) is 0.0266. The highest BCUT2D eigenvalue weighted by molar-refractivity contribution is 9.10. The number of morpholine rings is 1. The molecule has 1 fully saturated rings. The molecule has 0 spiro atoms. The van der Waals surface area contributed by atoms with Crippen LogP contribution in [0.2, 0.25) is 0 Å². The molecule has 1 atom stereocenters. The van der Waals surface area contributed by atoms with E-state index in [4.69, 9.17) is 4.74 Å². The predicted molar refractivity (Wildman–Crippen MR) is 55.7 cm³/mol. The molecule has 1 aromatic carbocycles. The fraction of sp³-hybridized carbons (Fsp3) is 0.400. The molecule has 0 radical (unpaired) electrons. The minimum absolute atomic E-state index is 0.0266. The van der Waals surface area contributed by atoms with Crippen LogP contribution in [-0.4, -0.2) is 19.7 Å². The van der Waals surface area contributed by atoms with Crippen LogP contribution in [0.3, 0.4) is 0 Å². The second kappa shape index (κ2) is 4.38. The van der Waals surface area contributed by atoms with Crippen molar-refractivity contribution in [1.82, 2.24) is 5.32 Å². The molecule has 1 heterocycles. The number of benzene rings is 1. The third-order valence-corrected chi connectivity index (χ3v) is 2.92. The Morgan fingerprint density at radius 1 is 1.50 bits per heavy atom. The maximum atomic E-state index is 12.8.